The van der Waals surface area contributed by atoms with Crippen molar-refractivity contribution in [3.8, 4) is 0 Å². The molecule has 1 aromatic heterocycles. The Labute approximate surface area is 118 Å². The van der Waals surface area contributed by atoms with E-state index < -0.39 is 0 Å². The van der Waals surface area contributed by atoms with E-state index >= 15 is 0 Å². The van der Waals surface area contributed by atoms with Crippen molar-refractivity contribution in [3.05, 3.63) is 56.0 Å². The third-order valence-electron chi connectivity index (χ3n) is 2.61. The molecule has 4 heteroatoms. The minimum Gasteiger partial charge on any atom is -0.207 e. The monoisotopic (exact) mass is 332 g/mol. The molecule has 0 saturated heterocycles. The van der Waals surface area contributed by atoms with Crippen molar-refractivity contribution >= 4 is 38.9 Å². The maximum absolute atomic E-state index is 13.8. The summed E-state index contributed by atoms with van der Waals surface area (Å²) in [6.07, 6.45) is 0. The van der Waals surface area contributed by atoms with E-state index in [0.717, 1.165) is 5.56 Å². The molecule has 0 amide bonds. The van der Waals surface area contributed by atoms with E-state index in [4.69, 9.17) is 11.6 Å². The van der Waals surface area contributed by atoms with Crippen LogP contribution in [-0.4, -0.2) is 0 Å². The fourth-order valence-electron chi connectivity index (χ4n) is 1.81. The Morgan fingerprint density at radius 2 is 2.06 bits per heavy atom. The van der Waals surface area contributed by atoms with Crippen LogP contribution >= 0.6 is 38.9 Å². The van der Waals surface area contributed by atoms with Crippen LogP contribution in [0.25, 0.3) is 0 Å². The largest absolute Gasteiger partial charge is 0.207 e. The van der Waals surface area contributed by atoms with Crippen molar-refractivity contribution in [3.63, 3.8) is 0 Å². The Balaban J connectivity index is 2.51. The third kappa shape index (κ3) is 2.56. The van der Waals surface area contributed by atoms with Crippen molar-refractivity contribution in [1.82, 2.24) is 0 Å². The summed E-state index contributed by atoms with van der Waals surface area (Å²) < 4.78 is 13.8. The van der Waals surface area contributed by atoms with Crippen LogP contribution in [0.2, 0.25) is 5.02 Å². The molecule has 1 atom stereocenters. The van der Waals surface area contributed by atoms with Gasteiger partial charge in [-0.1, -0.05) is 33.6 Å². The summed E-state index contributed by atoms with van der Waals surface area (Å²) in [6, 6.07) is 6.83. The van der Waals surface area contributed by atoms with Gasteiger partial charge in [0.05, 0.1) is 4.83 Å². The molecule has 90 valence electrons. The van der Waals surface area contributed by atoms with E-state index in [2.05, 4.69) is 22.0 Å². The zero-order valence-electron chi connectivity index (χ0n) is 9.43. The zero-order valence-corrected chi connectivity index (χ0v) is 12.6. The van der Waals surface area contributed by atoms with Crippen molar-refractivity contribution in [2.45, 2.75) is 18.7 Å². The molecular weight excluding hydrogens is 323 g/mol. The molecule has 0 saturated carbocycles. The number of aryl methyl sites for hydroxylation is 2. The standard InChI is InChI=1S/C13H11BrClFS/c1-7-6-9(8(2)17-7)13(14)12-10(15)4-3-5-11(12)16/h3-6,13H,1-2H3. The first-order valence-electron chi connectivity index (χ1n) is 5.15. The Morgan fingerprint density at radius 1 is 1.35 bits per heavy atom. The molecule has 17 heavy (non-hydrogen) atoms. The Kier molecular flexibility index (Phi) is 3.91. The SMILES string of the molecule is Cc1cc(C(Br)c2c(F)cccc2Cl)c(C)s1. The molecule has 1 heterocycles. The van der Waals surface area contributed by atoms with Crippen LogP contribution in [0.1, 0.15) is 25.7 Å². The number of thiophene rings is 1. The Morgan fingerprint density at radius 3 is 2.59 bits per heavy atom. The second-order valence-corrected chi connectivity index (χ2v) is 6.65. The second-order valence-electron chi connectivity index (χ2n) is 3.87. The maximum atomic E-state index is 13.8. The second kappa shape index (κ2) is 5.09. The quantitative estimate of drug-likeness (QED) is 0.624. The first-order valence-corrected chi connectivity index (χ1v) is 7.26. The van der Waals surface area contributed by atoms with Crippen LogP contribution in [0.4, 0.5) is 4.39 Å². The minimum absolute atomic E-state index is 0.193. The number of rotatable bonds is 2. The molecule has 1 unspecified atom stereocenters. The molecule has 0 radical (unpaired) electrons. The summed E-state index contributed by atoms with van der Waals surface area (Å²) in [4.78, 5) is 2.21. The van der Waals surface area contributed by atoms with Crippen LogP contribution in [0.15, 0.2) is 24.3 Å². The van der Waals surface area contributed by atoms with Crippen LogP contribution < -0.4 is 0 Å². The molecule has 0 aliphatic heterocycles. The number of halogens is 3. The summed E-state index contributed by atoms with van der Waals surface area (Å²) in [5.74, 6) is -0.275. The summed E-state index contributed by atoms with van der Waals surface area (Å²) in [6.45, 7) is 4.08. The molecular formula is C13H11BrClFS. The summed E-state index contributed by atoms with van der Waals surface area (Å²) in [5.41, 5.74) is 1.59. The summed E-state index contributed by atoms with van der Waals surface area (Å²) in [7, 11) is 0. The van der Waals surface area contributed by atoms with Gasteiger partial charge in [-0.15, -0.1) is 11.3 Å². The summed E-state index contributed by atoms with van der Waals surface area (Å²) >= 11 is 11.3. The fraction of sp³-hybridized carbons (Fsp3) is 0.231. The van der Waals surface area contributed by atoms with Gasteiger partial charge in [-0.05, 0) is 37.6 Å². The highest BCUT2D eigenvalue weighted by atomic mass is 79.9. The van der Waals surface area contributed by atoms with Gasteiger partial charge in [-0.3, -0.25) is 0 Å². The Hall–Kier alpha value is -0.380. The number of hydrogen-bond donors (Lipinski definition) is 0. The molecule has 2 rings (SSSR count). The van der Waals surface area contributed by atoms with Gasteiger partial charge in [0, 0.05) is 20.3 Å². The highest BCUT2D eigenvalue weighted by molar-refractivity contribution is 9.09. The molecule has 0 nitrogen and oxygen atoms in total. The molecule has 0 fully saturated rings. The molecule has 0 aliphatic carbocycles. The highest BCUT2D eigenvalue weighted by Crippen LogP contribution is 2.40. The first kappa shape index (κ1) is 13.1. The lowest BCUT2D eigenvalue weighted by atomic mass is 10.0. The van der Waals surface area contributed by atoms with E-state index in [1.54, 1.807) is 23.5 Å². The highest BCUT2D eigenvalue weighted by Gasteiger charge is 2.20. The van der Waals surface area contributed by atoms with Crippen LogP contribution in [0, 0.1) is 19.7 Å². The van der Waals surface area contributed by atoms with Gasteiger partial charge >= 0.3 is 0 Å². The molecule has 0 aliphatic rings. The average Bonchev–Trinajstić information content (AvgIpc) is 2.57. The van der Waals surface area contributed by atoms with Gasteiger partial charge < -0.3 is 0 Å². The lowest BCUT2D eigenvalue weighted by Gasteiger charge is -2.13. The van der Waals surface area contributed by atoms with Crippen molar-refractivity contribution in [2.24, 2.45) is 0 Å². The van der Waals surface area contributed by atoms with Crippen molar-refractivity contribution in [2.75, 3.05) is 0 Å². The van der Waals surface area contributed by atoms with Crippen LogP contribution in [0.5, 0.6) is 0 Å². The minimum atomic E-state index is -0.275. The normalized spacial score (nSPS) is 12.8. The number of alkyl halides is 1. The van der Waals surface area contributed by atoms with Gasteiger partial charge in [0.1, 0.15) is 5.82 Å². The van der Waals surface area contributed by atoms with E-state index in [1.807, 2.05) is 13.8 Å². The Bertz CT molecular complexity index is 530. The van der Waals surface area contributed by atoms with Crippen molar-refractivity contribution in [1.29, 1.82) is 0 Å². The topological polar surface area (TPSA) is 0 Å². The molecule has 0 spiro atoms. The molecule has 1 aromatic carbocycles. The van der Waals surface area contributed by atoms with E-state index in [9.17, 15) is 4.39 Å². The smallest absolute Gasteiger partial charge is 0.129 e. The maximum Gasteiger partial charge on any atom is 0.129 e. The van der Waals surface area contributed by atoms with E-state index in [-0.39, 0.29) is 10.6 Å². The van der Waals surface area contributed by atoms with Crippen LogP contribution in [-0.2, 0) is 0 Å². The predicted molar refractivity (Wildman–Crippen MR) is 76.0 cm³/mol. The predicted octanol–water partition coefficient (Wildman–Crippen LogP) is 5.64. The van der Waals surface area contributed by atoms with Gasteiger partial charge in [-0.2, -0.15) is 0 Å². The zero-order chi connectivity index (χ0) is 12.6. The van der Waals surface area contributed by atoms with Crippen molar-refractivity contribution < 1.29 is 4.39 Å². The van der Waals surface area contributed by atoms with Gasteiger partial charge in [0.2, 0.25) is 0 Å². The molecule has 2 aromatic rings. The van der Waals surface area contributed by atoms with Gasteiger partial charge in [0.15, 0.2) is 0 Å². The average molecular weight is 334 g/mol. The number of benzene rings is 1. The van der Waals surface area contributed by atoms with E-state index in [0.29, 0.717) is 10.6 Å². The van der Waals surface area contributed by atoms with E-state index in [1.165, 1.54) is 15.8 Å². The third-order valence-corrected chi connectivity index (χ3v) is 4.87. The van der Waals surface area contributed by atoms with Gasteiger partial charge in [0.25, 0.3) is 0 Å². The lowest BCUT2D eigenvalue weighted by molar-refractivity contribution is 0.613. The van der Waals surface area contributed by atoms with Crippen LogP contribution in [0.3, 0.4) is 0 Å². The molecule has 0 N–H and O–H groups in total. The lowest BCUT2D eigenvalue weighted by Crippen LogP contribution is -1.97. The number of hydrogen-bond acceptors (Lipinski definition) is 1. The fourth-order valence-corrected chi connectivity index (χ4v) is 4.27. The molecule has 0 bridgehead atoms. The van der Waals surface area contributed by atoms with Gasteiger partial charge in [-0.25, -0.2) is 4.39 Å². The first-order chi connectivity index (χ1) is 8.00. The summed E-state index contributed by atoms with van der Waals surface area (Å²) in [5, 5.41) is 0.454.